The molecule has 17 heavy (non-hydrogen) atoms. The van der Waals surface area contributed by atoms with Gasteiger partial charge in [-0.3, -0.25) is 0 Å². The Bertz CT molecular complexity index is 414. The first kappa shape index (κ1) is 13.6. The Balaban J connectivity index is 0.00000144. The quantitative estimate of drug-likeness (QED) is 0.889. The van der Waals surface area contributed by atoms with E-state index in [0.29, 0.717) is 18.6 Å². The maximum absolute atomic E-state index is 13.4. The number of rotatable bonds is 2. The van der Waals surface area contributed by atoms with Crippen molar-refractivity contribution in [3.05, 3.63) is 29.6 Å². The number of halogens is 2. The van der Waals surface area contributed by atoms with Crippen molar-refractivity contribution in [2.24, 2.45) is 0 Å². The van der Waals surface area contributed by atoms with Crippen molar-refractivity contribution in [2.75, 3.05) is 13.7 Å². The van der Waals surface area contributed by atoms with Crippen LogP contribution in [0.3, 0.4) is 0 Å². The monoisotopic (exact) mass is 261 g/mol. The van der Waals surface area contributed by atoms with Crippen LogP contribution in [0, 0.1) is 5.82 Å². The van der Waals surface area contributed by atoms with Gasteiger partial charge in [-0.25, -0.2) is 9.18 Å². The second-order valence-corrected chi connectivity index (χ2v) is 3.48. The van der Waals surface area contributed by atoms with Gasteiger partial charge in [-0.2, -0.15) is 0 Å². The third kappa shape index (κ3) is 2.79. The molecule has 1 aromatic rings. The molecule has 1 aromatic carbocycles. The lowest BCUT2D eigenvalue weighted by Gasteiger charge is -2.25. The van der Waals surface area contributed by atoms with E-state index in [2.05, 4.69) is 5.32 Å². The molecule has 0 aliphatic carbocycles. The number of alkyl carbamates (subject to hydrolysis) is 1. The zero-order valence-electron chi connectivity index (χ0n) is 9.23. The minimum absolute atomic E-state index is 0. The van der Waals surface area contributed by atoms with Crippen molar-refractivity contribution in [3.8, 4) is 5.75 Å². The second-order valence-electron chi connectivity index (χ2n) is 3.48. The first-order valence-electron chi connectivity index (χ1n) is 4.98. The molecule has 0 aromatic heterocycles. The lowest BCUT2D eigenvalue weighted by Crippen LogP contribution is -2.35. The highest BCUT2D eigenvalue weighted by Crippen LogP contribution is 2.30. The van der Waals surface area contributed by atoms with Gasteiger partial charge in [0.1, 0.15) is 0 Å². The molecule has 1 heterocycles. The van der Waals surface area contributed by atoms with E-state index in [4.69, 9.17) is 9.47 Å². The van der Waals surface area contributed by atoms with E-state index >= 15 is 0 Å². The van der Waals surface area contributed by atoms with Gasteiger partial charge in [-0.1, -0.05) is 12.1 Å². The molecular weight excluding hydrogens is 249 g/mol. The molecule has 1 fully saturated rings. The molecule has 0 saturated carbocycles. The van der Waals surface area contributed by atoms with Crippen LogP contribution < -0.4 is 10.1 Å². The lowest BCUT2D eigenvalue weighted by molar-refractivity contribution is 0.115. The van der Waals surface area contributed by atoms with E-state index in [-0.39, 0.29) is 24.2 Å². The average molecular weight is 262 g/mol. The van der Waals surface area contributed by atoms with Gasteiger partial charge in [-0.15, -0.1) is 12.4 Å². The van der Waals surface area contributed by atoms with Gasteiger partial charge in [0.15, 0.2) is 11.6 Å². The normalized spacial score (nSPS) is 18.7. The summed E-state index contributed by atoms with van der Waals surface area (Å²) in [6.45, 7) is 0.330. The predicted octanol–water partition coefficient (Wildman–Crippen LogP) is 2.43. The zero-order chi connectivity index (χ0) is 11.5. The molecule has 0 spiro atoms. The summed E-state index contributed by atoms with van der Waals surface area (Å²) in [6, 6.07) is 4.39. The number of benzene rings is 1. The highest BCUT2D eigenvalue weighted by molar-refractivity contribution is 5.85. The van der Waals surface area contributed by atoms with Crippen molar-refractivity contribution in [3.63, 3.8) is 0 Å². The van der Waals surface area contributed by atoms with E-state index in [1.807, 2.05) is 0 Å². The largest absolute Gasteiger partial charge is 0.493 e. The number of carbonyl (C=O) groups excluding carboxylic acids is 1. The fourth-order valence-corrected chi connectivity index (χ4v) is 1.77. The summed E-state index contributed by atoms with van der Waals surface area (Å²) in [7, 11) is 1.41. The van der Waals surface area contributed by atoms with Gasteiger partial charge < -0.3 is 14.8 Å². The molecule has 1 aliphatic heterocycles. The number of amides is 1. The summed E-state index contributed by atoms with van der Waals surface area (Å²) in [5, 5.41) is 2.63. The summed E-state index contributed by atoms with van der Waals surface area (Å²) >= 11 is 0. The molecular formula is C11H13ClFNO3. The molecule has 1 N–H and O–H groups in total. The molecule has 6 heteroatoms. The molecule has 0 radical (unpaired) electrons. The fraction of sp³-hybridized carbons (Fsp3) is 0.364. The van der Waals surface area contributed by atoms with Gasteiger partial charge in [0.2, 0.25) is 0 Å². The standard InChI is InChI=1S/C11H12FNO3.ClH/c1-15-10-7(3-2-4-8(10)12)9-5-6-16-11(14)13-9;/h2-4,9H,5-6H2,1H3,(H,13,14);1H/t9-;/m0./s1. The summed E-state index contributed by atoms with van der Waals surface area (Å²) < 4.78 is 23.2. The maximum Gasteiger partial charge on any atom is 0.407 e. The highest BCUT2D eigenvalue weighted by atomic mass is 35.5. The smallest absolute Gasteiger partial charge is 0.407 e. The Morgan fingerprint density at radius 3 is 2.94 bits per heavy atom. The second kappa shape index (κ2) is 5.72. The van der Waals surface area contributed by atoms with Crippen LogP contribution in [0.2, 0.25) is 0 Å². The number of ether oxygens (including phenoxy) is 2. The van der Waals surface area contributed by atoms with Gasteiger partial charge in [-0.05, 0) is 6.07 Å². The number of cyclic esters (lactones) is 1. The van der Waals surface area contributed by atoms with Crippen LogP contribution in [0.5, 0.6) is 5.75 Å². The van der Waals surface area contributed by atoms with Crippen molar-refractivity contribution in [2.45, 2.75) is 12.5 Å². The Hall–Kier alpha value is -1.49. The van der Waals surface area contributed by atoms with Crippen LogP contribution in [-0.2, 0) is 4.74 Å². The fourth-order valence-electron chi connectivity index (χ4n) is 1.77. The summed E-state index contributed by atoms with van der Waals surface area (Å²) in [5.74, 6) is -0.254. The van der Waals surface area contributed by atoms with E-state index in [0.717, 1.165) is 0 Å². The molecule has 94 valence electrons. The van der Waals surface area contributed by atoms with Crippen molar-refractivity contribution >= 4 is 18.5 Å². The molecule has 1 aliphatic rings. The Morgan fingerprint density at radius 2 is 2.29 bits per heavy atom. The summed E-state index contributed by atoms with van der Waals surface area (Å²) in [4.78, 5) is 11.1. The van der Waals surface area contributed by atoms with Crippen LogP contribution in [0.25, 0.3) is 0 Å². The van der Waals surface area contributed by atoms with Crippen LogP contribution in [0.4, 0.5) is 9.18 Å². The van der Waals surface area contributed by atoms with E-state index < -0.39 is 11.9 Å². The maximum atomic E-state index is 13.4. The van der Waals surface area contributed by atoms with Gasteiger partial charge >= 0.3 is 6.09 Å². The molecule has 0 unspecified atom stereocenters. The van der Waals surface area contributed by atoms with Gasteiger partial charge in [0.25, 0.3) is 0 Å². The first-order valence-corrected chi connectivity index (χ1v) is 4.98. The Morgan fingerprint density at radius 1 is 1.53 bits per heavy atom. The SMILES string of the molecule is COc1c(F)cccc1[C@@H]1CCOC(=O)N1.Cl. The molecule has 1 amide bonds. The number of carbonyl (C=O) groups is 1. The third-order valence-corrected chi connectivity index (χ3v) is 2.51. The van der Waals surface area contributed by atoms with Crippen LogP contribution in [-0.4, -0.2) is 19.8 Å². The van der Waals surface area contributed by atoms with Crippen LogP contribution >= 0.6 is 12.4 Å². The topological polar surface area (TPSA) is 47.6 Å². The van der Waals surface area contributed by atoms with Crippen molar-refractivity contribution in [1.29, 1.82) is 0 Å². The van der Waals surface area contributed by atoms with Gasteiger partial charge in [0.05, 0.1) is 19.8 Å². The average Bonchev–Trinajstić information content (AvgIpc) is 2.28. The van der Waals surface area contributed by atoms with E-state index in [9.17, 15) is 9.18 Å². The number of hydrogen-bond donors (Lipinski definition) is 1. The zero-order valence-corrected chi connectivity index (χ0v) is 10.1. The molecule has 1 atom stereocenters. The number of para-hydroxylation sites is 1. The lowest BCUT2D eigenvalue weighted by atomic mass is 10.0. The Labute approximate surface area is 105 Å². The molecule has 1 saturated heterocycles. The highest BCUT2D eigenvalue weighted by Gasteiger charge is 2.24. The van der Waals surface area contributed by atoms with Crippen LogP contribution in [0.1, 0.15) is 18.0 Å². The van der Waals surface area contributed by atoms with Crippen molar-refractivity contribution < 1.29 is 18.7 Å². The molecule has 2 rings (SSSR count). The molecule has 4 nitrogen and oxygen atoms in total. The first-order chi connectivity index (χ1) is 7.72. The van der Waals surface area contributed by atoms with Crippen molar-refractivity contribution in [1.82, 2.24) is 5.32 Å². The number of hydrogen-bond acceptors (Lipinski definition) is 3. The van der Waals surface area contributed by atoms with E-state index in [1.54, 1.807) is 12.1 Å². The number of nitrogens with one attached hydrogen (secondary N) is 1. The van der Waals surface area contributed by atoms with Crippen LogP contribution in [0.15, 0.2) is 18.2 Å². The minimum Gasteiger partial charge on any atom is -0.493 e. The Kier molecular flexibility index (Phi) is 4.57. The predicted molar refractivity (Wildman–Crippen MR) is 62.0 cm³/mol. The van der Waals surface area contributed by atoms with Gasteiger partial charge in [0, 0.05) is 12.0 Å². The number of methoxy groups -OCH3 is 1. The third-order valence-electron chi connectivity index (χ3n) is 2.51. The molecule has 0 bridgehead atoms. The summed E-state index contributed by atoms with van der Waals surface area (Å²) in [5.41, 5.74) is 0.638. The van der Waals surface area contributed by atoms with E-state index in [1.165, 1.54) is 13.2 Å². The summed E-state index contributed by atoms with van der Waals surface area (Å²) in [6.07, 6.45) is 0.119. The minimum atomic E-state index is -0.484.